The monoisotopic (exact) mass is 214 g/mol. The number of hydrogen-bond donors (Lipinski definition) is 1. The Hall–Kier alpha value is -0.0800. The van der Waals surface area contributed by atoms with Gasteiger partial charge < -0.3 is 5.73 Å². The first-order chi connectivity index (χ1) is 7.15. The molecule has 0 spiro atoms. The fourth-order valence-corrected chi connectivity index (χ4v) is 2.15. The summed E-state index contributed by atoms with van der Waals surface area (Å²) in [7, 11) is 0. The molecule has 0 rings (SSSR count). The van der Waals surface area contributed by atoms with Gasteiger partial charge in [-0.1, -0.05) is 27.7 Å². The molecule has 0 radical (unpaired) electrons. The fraction of sp³-hybridized carbons (Fsp3) is 1.00. The number of rotatable bonds is 9. The minimum atomic E-state index is 0.737. The highest BCUT2D eigenvalue weighted by Gasteiger charge is 2.13. The van der Waals surface area contributed by atoms with Crippen molar-refractivity contribution in [3.05, 3.63) is 0 Å². The Morgan fingerprint density at radius 3 is 2.07 bits per heavy atom. The van der Waals surface area contributed by atoms with Crippen LogP contribution in [0.1, 0.15) is 53.4 Å². The minimum absolute atomic E-state index is 0.737. The van der Waals surface area contributed by atoms with Crippen molar-refractivity contribution in [2.75, 3.05) is 19.6 Å². The Morgan fingerprint density at radius 2 is 1.67 bits per heavy atom. The van der Waals surface area contributed by atoms with Crippen LogP contribution in [-0.2, 0) is 0 Å². The summed E-state index contributed by atoms with van der Waals surface area (Å²) in [4.78, 5) is 2.57. The van der Waals surface area contributed by atoms with E-state index in [0.717, 1.165) is 25.0 Å². The van der Waals surface area contributed by atoms with Gasteiger partial charge in [-0.2, -0.15) is 0 Å². The molecule has 0 heterocycles. The molecule has 2 heteroatoms. The van der Waals surface area contributed by atoms with Gasteiger partial charge in [-0.15, -0.1) is 0 Å². The van der Waals surface area contributed by atoms with E-state index in [-0.39, 0.29) is 0 Å². The van der Waals surface area contributed by atoms with E-state index in [2.05, 4.69) is 32.6 Å². The van der Waals surface area contributed by atoms with Crippen LogP contribution < -0.4 is 5.73 Å². The Kier molecular flexibility index (Phi) is 9.12. The maximum absolute atomic E-state index is 5.67. The van der Waals surface area contributed by atoms with Crippen molar-refractivity contribution in [2.24, 2.45) is 11.7 Å². The van der Waals surface area contributed by atoms with Gasteiger partial charge in [-0.05, 0) is 38.1 Å². The van der Waals surface area contributed by atoms with Gasteiger partial charge in [-0.3, -0.25) is 4.90 Å². The quantitative estimate of drug-likeness (QED) is 0.639. The highest BCUT2D eigenvalue weighted by Crippen LogP contribution is 2.11. The predicted molar refractivity (Wildman–Crippen MR) is 69.1 cm³/mol. The van der Waals surface area contributed by atoms with Crippen LogP contribution in [0.5, 0.6) is 0 Å². The molecule has 0 fully saturated rings. The lowest BCUT2D eigenvalue weighted by atomic mass is 10.1. The average Bonchev–Trinajstić information content (AvgIpc) is 2.19. The van der Waals surface area contributed by atoms with E-state index in [4.69, 9.17) is 5.73 Å². The van der Waals surface area contributed by atoms with Crippen molar-refractivity contribution in [2.45, 2.75) is 59.4 Å². The summed E-state index contributed by atoms with van der Waals surface area (Å²) in [6, 6.07) is 0.737. The molecule has 0 atom stereocenters. The van der Waals surface area contributed by atoms with Crippen LogP contribution in [0.15, 0.2) is 0 Å². The molecule has 15 heavy (non-hydrogen) atoms. The molecule has 2 nitrogen and oxygen atoms in total. The van der Waals surface area contributed by atoms with Gasteiger partial charge in [0.05, 0.1) is 0 Å². The third kappa shape index (κ3) is 6.91. The smallest absolute Gasteiger partial charge is 0.0108 e. The number of nitrogens with two attached hydrogens (primary N) is 1. The second-order valence-corrected chi connectivity index (χ2v) is 4.83. The van der Waals surface area contributed by atoms with Crippen LogP contribution in [0.25, 0.3) is 0 Å². The summed E-state index contributed by atoms with van der Waals surface area (Å²) in [6.07, 6.45) is 5.14. The van der Waals surface area contributed by atoms with Crippen molar-refractivity contribution in [1.82, 2.24) is 4.90 Å². The molecular weight excluding hydrogens is 184 g/mol. The van der Waals surface area contributed by atoms with Gasteiger partial charge in [0.25, 0.3) is 0 Å². The lowest BCUT2D eigenvalue weighted by Crippen LogP contribution is -2.38. The number of hydrogen-bond acceptors (Lipinski definition) is 2. The molecule has 0 aromatic carbocycles. The molecule has 0 bridgehead atoms. The maximum atomic E-state index is 5.67. The Bertz CT molecular complexity index is 130. The largest absolute Gasteiger partial charge is 0.329 e. The lowest BCUT2D eigenvalue weighted by molar-refractivity contribution is 0.185. The summed E-state index contributed by atoms with van der Waals surface area (Å²) in [5.41, 5.74) is 5.67. The normalized spacial score (nSPS) is 12.0. The summed E-state index contributed by atoms with van der Waals surface area (Å²) in [6.45, 7) is 12.2. The molecule has 0 aliphatic heterocycles. The topological polar surface area (TPSA) is 29.3 Å². The van der Waals surface area contributed by atoms with Gasteiger partial charge in [0.15, 0.2) is 0 Å². The highest BCUT2D eigenvalue weighted by molar-refractivity contribution is 4.69. The van der Waals surface area contributed by atoms with Crippen LogP contribution in [0.4, 0.5) is 0 Å². The zero-order chi connectivity index (χ0) is 11.7. The lowest BCUT2D eigenvalue weighted by Gasteiger charge is -2.30. The van der Waals surface area contributed by atoms with E-state index in [1.54, 1.807) is 0 Å². The average molecular weight is 214 g/mol. The van der Waals surface area contributed by atoms with Crippen LogP contribution in [0.2, 0.25) is 0 Å². The third-order valence-electron chi connectivity index (χ3n) is 3.10. The molecule has 0 aliphatic carbocycles. The van der Waals surface area contributed by atoms with Crippen LogP contribution in [-0.4, -0.2) is 30.6 Å². The van der Waals surface area contributed by atoms with Crippen LogP contribution in [0.3, 0.4) is 0 Å². The molecular formula is C13H30N2. The minimum Gasteiger partial charge on any atom is -0.329 e. The van der Waals surface area contributed by atoms with E-state index in [1.165, 1.54) is 32.2 Å². The van der Waals surface area contributed by atoms with Gasteiger partial charge in [0, 0.05) is 19.1 Å². The summed E-state index contributed by atoms with van der Waals surface area (Å²) < 4.78 is 0. The van der Waals surface area contributed by atoms with Crippen molar-refractivity contribution in [3.63, 3.8) is 0 Å². The molecule has 0 saturated heterocycles. The number of nitrogens with zero attached hydrogens (tertiary/aromatic N) is 1. The molecule has 0 aromatic rings. The zero-order valence-electron chi connectivity index (χ0n) is 11.1. The first-order valence-electron chi connectivity index (χ1n) is 6.59. The molecule has 0 unspecified atom stereocenters. The van der Waals surface area contributed by atoms with Crippen LogP contribution in [0, 0.1) is 5.92 Å². The zero-order valence-corrected chi connectivity index (χ0v) is 11.1. The van der Waals surface area contributed by atoms with Crippen molar-refractivity contribution in [3.8, 4) is 0 Å². The Labute approximate surface area is 96.2 Å². The SMILES string of the molecule is CCC(CC)N(CCN)CCCC(C)C. The van der Waals surface area contributed by atoms with E-state index in [0.29, 0.717) is 0 Å². The van der Waals surface area contributed by atoms with Gasteiger partial charge >= 0.3 is 0 Å². The van der Waals surface area contributed by atoms with E-state index in [9.17, 15) is 0 Å². The van der Waals surface area contributed by atoms with Gasteiger partial charge in [-0.25, -0.2) is 0 Å². The van der Waals surface area contributed by atoms with E-state index in [1.807, 2.05) is 0 Å². The molecule has 0 aromatic heterocycles. The van der Waals surface area contributed by atoms with E-state index < -0.39 is 0 Å². The first-order valence-corrected chi connectivity index (χ1v) is 6.59. The third-order valence-corrected chi connectivity index (χ3v) is 3.10. The van der Waals surface area contributed by atoms with Crippen molar-refractivity contribution >= 4 is 0 Å². The Morgan fingerprint density at radius 1 is 1.07 bits per heavy atom. The second kappa shape index (κ2) is 9.17. The van der Waals surface area contributed by atoms with Gasteiger partial charge in [0.1, 0.15) is 0 Å². The fourth-order valence-electron chi connectivity index (χ4n) is 2.15. The Balaban J connectivity index is 3.91. The molecule has 0 amide bonds. The standard InChI is InChI=1S/C13H30N2/c1-5-13(6-2)15(11-9-14)10-7-8-12(3)4/h12-13H,5-11,14H2,1-4H3. The second-order valence-electron chi connectivity index (χ2n) is 4.83. The maximum Gasteiger partial charge on any atom is 0.0108 e. The molecule has 2 N–H and O–H groups in total. The van der Waals surface area contributed by atoms with Crippen molar-refractivity contribution < 1.29 is 0 Å². The van der Waals surface area contributed by atoms with E-state index >= 15 is 0 Å². The molecule has 92 valence electrons. The summed E-state index contributed by atoms with van der Waals surface area (Å²) in [5.74, 6) is 0.825. The first kappa shape index (κ1) is 14.9. The summed E-state index contributed by atoms with van der Waals surface area (Å²) in [5, 5.41) is 0. The van der Waals surface area contributed by atoms with Crippen molar-refractivity contribution in [1.29, 1.82) is 0 Å². The highest BCUT2D eigenvalue weighted by atomic mass is 15.2. The van der Waals surface area contributed by atoms with Gasteiger partial charge in [0.2, 0.25) is 0 Å². The molecule has 0 saturated carbocycles. The predicted octanol–water partition coefficient (Wildman–Crippen LogP) is 2.87. The summed E-state index contributed by atoms with van der Waals surface area (Å²) >= 11 is 0. The van der Waals surface area contributed by atoms with Crippen LogP contribution >= 0.6 is 0 Å². The molecule has 0 aliphatic rings.